The maximum Gasteiger partial charge on any atom is 0.203 e. The molecule has 1 aromatic carbocycles. The van der Waals surface area contributed by atoms with Crippen LogP contribution in [0.5, 0.6) is 0 Å². The predicted molar refractivity (Wildman–Crippen MR) is 75.8 cm³/mol. The molecular weight excluding hydrogens is 242 g/mol. The number of rotatable bonds is 3. The molecule has 1 aliphatic carbocycles. The van der Waals surface area contributed by atoms with Crippen molar-refractivity contribution in [2.45, 2.75) is 38.1 Å². The molecule has 0 amide bonds. The van der Waals surface area contributed by atoms with Crippen LogP contribution in [0, 0.1) is 0 Å². The van der Waals surface area contributed by atoms with Gasteiger partial charge >= 0.3 is 0 Å². The highest BCUT2D eigenvalue weighted by atomic mass is 32.1. The van der Waals surface area contributed by atoms with Gasteiger partial charge in [0.05, 0.1) is 0 Å². The Labute approximate surface area is 111 Å². The topological polar surface area (TPSA) is 37.8 Å². The van der Waals surface area contributed by atoms with Gasteiger partial charge in [0.25, 0.3) is 0 Å². The molecule has 1 N–H and O–H groups in total. The second-order valence-electron chi connectivity index (χ2n) is 4.77. The van der Waals surface area contributed by atoms with E-state index in [0.29, 0.717) is 6.04 Å². The average molecular weight is 259 g/mol. The summed E-state index contributed by atoms with van der Waals surface area (Å²) in [5, 5.41) is 4.47. The van der Waals surface area contributed by atoms with Gasteiger partial charge < -0.3 is 5.32 Å². The third-order valence-electron chi connectivity index (χ3n) is 3.39. The zero-order chi connectivity index (χ0) is 12.2. The minimum Gasteiger partial charge on any atom is -0.358 e. The van der Waals surface area contributed by atoms with Crippen molar-refractivity contribution in [1.82, 2.24) is 9.36 Å². The Morgan fingerprint density at radius 1 is 1.06 bits per heavy atom. The van der Waals surface area contributed by atoms with Crippen LogP contribution in [0.1, 0.15) is 32.1 Å². The van der Waals surface area contributed by atoms with Gasteiger partial charge in [-0.2, -0.15) is 9.36 Å². The molecule has 1 aliphatic rings. The molecule has 3 nitrogen and oxygen atoms in total. The standard InChI is InChI=1S/C14H17N3S/c1-3-7-11(8-4-1)13-16-14(18-17-13)15-12-9-5-2-6-10-12/h1,3-4,7-8,12H,2,5-6,9-10H2,(H,15,16,17). The Balaban J connectivity index is 1.69. The van der Waals surface area contributed by atoms with Crippen LogP contribution in [0.25, 0.3) is 11.4 Å². The quantitative estimate of drug-likeness (QED) is 0.907. The fourth-order valence-corrected chi connectivity index (χ4v) is 3.07. The Morgan fingerprint density at radius 3 is 2.61 bits per heavy atom. The molecule has 0 spiro atoms. The Hall–Kier alpha value is -1.42. The van der Waals surface area contributed by atoms with E-state index in [4.69, 9.17) is 0 Å². The second-order valence-corrected chi connectivity index (χ2v) is 5.52. The van der Waals surface area contributed by atoms with Gasteiger partial charge in [0.15, 0.2) is 5.82 Å². The van der Waals surface area contributed by atoms with Gasteiger partial charge in [-0.05, 0) is 12.8 Å². The van der Waals surface area contributed by atoms with Crippen molar-refractivity contribution >= 4 is 16.7 Å². The summed E-state index contributed by atoms with van der Waals surface area (Å²) in [6, 6.07) is 10.7. The van der Waals surface area contributed by atoms with E-state index < -0.39 is 0 Å². The van der Waals surface area contributed by atoms with Crippen LogP contribution in [-0.2, 0) is 0 Å². The first-order chi connectivity index (χ1) is 8.92. The summed E-state index contributed by atoms with van der Waals surface area (Å²) in [5.41, 5.74) is 1.09. The number of anilines is 1. The minimum absolute atomic E-state index is 0.593. The van der Waals surface area contributed by atoms with Crippen LogP contribution in [0.3, 0.4) is 0 Å². The molecular formula is C14H17N3S. The van der Waals surface area contributed by atoms with Crippen molar-refractivity contribution in [1.29, 1.82) is 0 Å². The highest BCUT2D eigenvalue weighted by Crippen LogP contribution is 2.25. The van der Waals surface area contributed by atoms with Crippen molar-refractivity contribution in [3.8, 4) is 11.4 Å². The minimum atomic E-state index is 0.593. The van der Waals surface area contributed by atoms with Crippen molar-refractivity contribution < 1.29 is 0 Å². The number of aromatic nitrogens is 2. The van der Waals surface area contributed by atoms with Crippen molar-refractivity contribution in [3.63, 3.8) is 0 Å². The second kappa shape index (κ2) is 5.48. The zero-order valence-corrected chi connectivity index (χ0v) is 11.1. The molecule has 94 valence electrons. The molecule has 1 aromatic heterocycles. The van der Waals surface area contributed by atoms with Crippen LogP contribution in [-0.4, -0.2) is 15.4 Å². The molecule has 4 heteroatoms. The van der Waals surface area contributed by atoms with E-state index in [0.717, 1.165) is 16.5 Å². The van der Waals surface area contributed by atoms with Gasteiger partial charge in [0.2, 0.25) is 5.13 Å². The maximum absolute atomic E-state index is 4.57. The summed E-state index contributed by atoms with van der Waals surface area (Å²) in [7, 11) is 0. The SMILES string of the molecule is c1ccc(-c2nsc(NC3CCCCC3)n2)cc1. The molecule has 2 aromatic rings. The third kappa shape index (κ3) is 2.70. The van der Waals surface area contributed by atoms with Gasteiger partial charge in [-0.15, -0.1) is 0 Å². The van der Waals surface area contributed by atoms with E-state index in [9.17, 15) is 0 Å². The molecule has 0 aliphatic heterocycles. The van der Waals surface area contributed by atoms with Gasteiger partial charge in [-0.3, -0.25) is 0 Å². The fourth-order valence-electron chi connectivity index (χ4n) is 2.41. The van der Waals surface area contributed by atoms with Gasteiger partial charge in [0, 0.05) is 23.1 Å². The lowest BCUT2D eigenvalue weighted by Crippen LogP contribution is -2.21. The predicted octanol–water partition coefficient (Wildman–Crippen LogP) is 3.95. The average Bonchev–Trinajstić information content (AvgIpc) is 2.89. The van der Waals surface area contributed by atoms with Gasteiger partial charge in [0.1, 0.15) is 0 Å². The molecule has 0 radical (unpaired) electrons. The van der Waals surface area contributed by atoms with Crippen LogP contribution in [0.2, 0.25) is 0 Å². The smallest absolute Gasteiger partial charge is 0.203 e. The number of hydrogen-bond donors (Lipinski definition) is 1. The van der Waals surface area contributed by atoms with Crippen LogP contribution >= 0.6 is 11.5 Å². The number of benzene rings is 1. The van der Waals surface area contributed by atoms with E-state index in [-0.39, 0.29) is 0 Å². The highest BCUT2D eigenvalue weighted by molar-refractivity contribution is 7.09. The molecule has 18 heavy (non-hydrogen) atoms. The maximum atomic E-state index is 4.57. The van der Waals surface area contributed by atoms with Crippen molar-refractivity contribution in [3.05, 3.63) is 30.3 Å². The lowest BCUT2D eigenvalue weighted by Gasteiger charge is -2.21. The summed E-state index contributed by atoms with van der Waals surface area (Å²) in [6.45, 7) is 0. The molecule has 1 heterocycles. The molecule has 1 fully saturated rings. The van der Waals surface area contributed by atoms with Crippen molar-refractivity contribution in [2.75, 3.05) is 5.32 Å². The first-order valence-corrected chi connectivity index (χ1v) is 7.35. The summed E-state index contributed by atoms with van der Waals surface area (Å²) >= 11 is 1.47. The monoisotopic (exact) mass is 259 g/mol. The van der Waals surface area contributed by atoms with Crippen molar-refractivity contribution in [2.24, 2.45) is 0 Å². The van der Waals surface area contributed by atoms with E-state index in [1.165, 1.54) is 43.6 Å². The van der Waals surface area contributed by atoms with E-state index >= 15 is 0 Å². The molecule has 1 saturated carbocycles. The molecule has 3 rings (SSSR count). The molecule has 0 atom stereocenters. The number of hydrogen-bond acceptors (Lipinski definition) is 4. The zero-order valence-electron chi connectivity index (χ0n) is 10.3. The third-order valence-corrected chi connectivity index (χ3v) is 4.04. The van der Waals surface area contributed by atoms with E-state index in [2.05, 4.69) is 14.7 Å². The summed E-state index contributed by atoms with van der Waals surface area (Å²) in [6.07, 6.45) is 6.58. The summed E-state index contributed by atoms with van der Waals surface area (Å²) in [5.74, 6) is 0.832. The Morgan fingerprint density at radius 2 is 1.83 bits per heavy atom. The largest absolute Gasteiger partial charge is 0.358 e. The summed E-state index contributed by atoms with van der Waals surface area (Å²) in [4.78, 5) is 4.57. The molecule has 0 bridgehead atoms. The van der Waals surface area contributed by atoms with Gasteiger partial charge in [-0.1, -0.05) is 49.6 Å². The Bertz CT molecular complexity index is 489. The molecule has 0 unspecified atom stereocenters. The first-order valence-electron chi connectivity index (χ1n) is 6.57. The van der Waals surface area contributed by atoms with Crippen LogP contribution < -0.4 is 5.32 Å². The normalized spacial score (nSPS) is 16.7. The lowest BCUT2D eigenvalue weighted by atomic mass is 9.96. The van der Waals surface area contributed by atoms with Crippen LogP contribution in [0.15, 0.2) is 30.3 Å². The number of nitrogens with one attached hydrogen (secondary N) is 1. The fraction of sp³-hybridized carbons (Fsp3) is 0.429. The Kier molecular flexibility index (Phi) is 3.55. The summed E-state index contributed by atoms with van der Waals surface area (Å²) < 4.78 is 4.42. The lowest BCUT2D eigenvalue weighted by molar-refractivity contribution is 0.462. The van der Waals surface area contributed by atoms with E-state index in [1.807, 2.05) is 30.3 Å². The first kappa shape index (κ1) is 11.7. The molecule has 0 saturated heterocycles. The highest BCUT2D eigenvalue weighted by Gasteiger charge is 2.15. The van der Waals surface area contributed by atoms with Crippen LogP contribution in [0.4, 0.5) is 5.13 Å². The van der Waals surface area contributed by atoms with E-state index in [1.54, 1.807) is 0 Å². The number of nitrogens with zero attached hydrogens (tertiary/aromatic N) is 2. The van der Waals surface area contributed by atoms with Gasteiger partial charge in [-0.25, -0.2) is 0 Å².